The Labute approximate surface area is 206 Å². The first kappa shape index (κ1) is 22.4. The van der Waals surface area contributed by atoms with Crippen molar-refractivity contribution in [2.24, 2.45) is 0 Å². The summed E-state index contributed by atoms with van der Waals surface area (Å²) < 4.78 is 21.7. The zero-order chi connectivity index (χ0) is 24.5. The van der Waals surface area contributed by atoms with Crippen molar-refractivity contribution in [3.8, 4) is 22.5 Å². The fraction of sp³-hybridized carbons (Fsp3) is 0.320. The van der Waals surface area contributed by atoms with Crippen molar-refractivity contribution < 1.29 is 13.9 Å². The highest BCUT2D eigenvalue weighted by Crippen LogP contribution is 2.27. The number of pyridine rings is 1. The van der Waals surface area contributed by atoms with Crippen molar-refractivity contribution in [1.29, 1.82) is 0 Å². The van der Waals surface area contributed by atoms with Crippen molar-refractivity contribution in [2.45, 2.75) is 12.8 Å². The minimum atomic E-state index is -0.443. The van der Waals surface area contributed by atoms with Crippen LogP contribution in [0.3, 0.4) is 0 Å². The molecule has 2 aliphatic heterocycles. The number of nitrogens with zero attached hydrogens (tertiary/aromatic N) is 7. The van der Waals surface area contributed by atoms with E-state index in [2.05, 4.69) is 30.3 Å². The molecule has 0 bridgehead atoms. The number of carbonyl (C=O) groups excluding carboxylic acids is 1. The summed E-state index contributed by atoms with van der Waals surface area (Å²) in [6, 6.07) is 8.14. The predicted octanol–water partition coefficient (Wildman–Crippen LogP) is 3.46. The first-order chi connectivity index (χ1) is 17.6. The predicted molar refractivity (Wildman–Crippen MR) is 132 cm³/mol. The number of likely N-dealkylation sites (tertiary alicyclic amines) is 1. The fourth-order valence-corrected chi connectivity index (χ4v) is 4.51. The molecule has 2 saturated heterocycles. The second-order valence-corrected chi connectivity index (χ2v) is 8.84. The molecule has 184 valence electrons. The number of nitrogens with one attached hydrogen (secondary N) is 1. The monoisotopic (exact) mass is 488 g/mol. The number of rotatable bonds is 4. The van der Waals surface area contributed by atoms with E-state index < -0.39 is 5.82 Å². The van der Waals surface area contributed by atoms with Gasteiger partial charge >= 0.3 is 6.03 Å². The lowest BCUT2D eigenvalue weighted by molar-refractivity contribution is 0.122. The lowest BCUT2D eigenvalue weighted by atomic mass is 10.1. The van der Waals surface area contributed by atoms with Crippen LogP contribution in [0, 0.1) is 5.82 Å². The molecule has 1 N–H and O–H groups in total. The summed E-state index contributed by atoms with van der Waals surface area (Å²) in [6.07, 6.45) is 7.04. The van der Waals surface area contributed by atoms with E-state index in [1.54, 1.807) is 35.6 Å². The molecule has 0 spiro atoms. The molecule has 0 atom stereocenters. The smallest absolute Gasteiger partial charge is 0.321 e. The average Bonchev–Trinajstić information content (AvgIpc) is 3.60. The summed E-state index contributed by atoms with van der Waals surface area (Å²) in [4.78, 5) is 29.8. The molecule has 4 aromatic rings. The number of fused-ring (bicyclic) bond motifs is 1. The molecule has 3 aromatic heterocycles. The molecule has 6 rings (SSSR count). The van der Waals surface area contributed by atoms with Gasteiger partial charge in [0.05, 0.1) is 31.3 Å². The summed E-state index contributed by atoms with van der Waals surface area (Å²) in [5, 5.41) is 7.51. The number of amides is 2. The van der Waals surface area contributed by atoms with Gasteiger partial charge in [0.1, 0.15) is 17.3 Å². The zero-order valence-electron chi connectivity index (χ0n) is 19.6. The molecule has 5 heterocycles. The molecular weight excluding hydrogens is 463 g/mol. The van der Waals surface area contributed by atoms with Crippen LogP contribution in [0.2, 0.25) is 0 Å². The Morgan fingerprint density at radius 1 is 1.00 bits per heavy atom. The molecule has 10 nitrogen and oxygen atoms in total. The summed E-state index contributed by atoms with van der Waals surface area (Å²) in [5.74, 6) is 0.767. The number of halogens is 1. The summed E-state index contributed by atoms with van der Waals surface area (Å²) in [6.45, 7) is 4.39. The van der Waals surface area contributed by atoms with E-state index in [-0.39, 0.29) is 11.6 Å². The van der Waals surface area contributed by atoms with E-state index in [1.807, 2.05) is 12.1 Å². The Morgan fingerprint density at radius 3 is 2.67 bits per heavy atom. The second kappa shape index (κ2) is 9.50. The van der Waals surface area contributed by atoms with Crippen LogP contribution < -0.4 is 10.2 Å². The molecule has 2 aliphatic rings. The average molecular weight is 489 g/mol. The fourth-order valence-electron chi connectivity index (χ4n) is 4.51. The third kappa shape index (κ3) is 4.44. The van der Waals surface area contributed by atoms with Gasteiger partial charge in [-0.2, -0.15) is 5.10 Å². The van der Waals surface area contributed by atoms with Crippen LogP contribution in [-0.4, -0.2) is 74.9 Å². The number of aromatic nitrogens is 5. The van der Waals surface area contributed by atoms with Crippen molar-refractivity contribution in [1.82, 2.24) is 29.5 Å². The molecule has 1 aromatic carbocycles. The zero-order valence-corrected chi connectivity index (χ0v) is 19.6. The van der Waals surface area contributed by atoms with E-state index in [9.17, 15) is 9.18 Å². The second-order valence-electron chi connectivity index (χ2n) is 8.84. The van der Waals surface area contributed by atoms with Crippen LogP contribution in [-0.2, 0) is 4.74 Å². The Balaban J connectivity index is 1.27. The van der Waals surface area contributed by atoms with E-state index in [0.717, 1.165) is 50.4 Å². The molecule has 2 amide bonds. The normalized spacial score (nSPS) is 16.0. The van der Waals surface area contributed by atoms with Gasteiger partial charge in [0.25, 0.3) is 5.78 Å². The van der Waals surface area contributed by atoms with E-state index in [4.69, 9.17) is 4.74 Å². The number of morpholine rings is 1. The van der Waals surface area contributed by atoms with Gasteiger partial charge in [-0.15, -0.1) is 0 Å². The van der Waals surface area contributed by atoms with Gasteiger partial charge in [0.15, 0.2) is 0 Å². The number of hydrogen-bond acceptors (Lipinski definition) is 7. The minimum absolute atomic E-state index is 0.179. The van der Waals surface area contributed by atoms with Crippen molar-refractivity contribution in [2.75, 3.05) is 49.6 Å². The first-order valence-corrected chi connectivity index (χ1v) is 12.0. The van der Waals surface area contributed by atoms with Crippen LogP contribution in [0.15, 0.2) is 48.9 Å². The van der Waals surface area contributed by atoms with E-state index in [0.29, 0.717) is 36.1 Å². The molecule has 36 heavy (non-hydrogen) atoms. The summed E-state index contributed by atoms with van der Waals surface area (Å²) in [7, 11) is 0. The van der Waals surface area contributed by atoms with Crippen LogP contribution in [0.5, 0.6) is 0 Å². The Morgan fingerprint density at radius 2 is 1.83 bits per heavy atom. The maximum absolute atomic E-state index is 14.8. The molecule has 0 aliphatic carbocycles. The Kier molecular flexibility index (Phi) is 5.90. The van der Waals surface area contributed by atoms with Gasteiger partial charge < -0.3 is 19.9 Å². The summed E-state index contributed by atoms with van der Waals surface area (Å²) >= 11 is 0. The van der Waals surface area contributed by atoms with Gasteiger partial charge in [-0.05, 0) is 43.2 Å². The number of carbonyl (C=O) groups is 1. The van der Waals surface area contributed by atoms with Crippen molar-refractivity contribution >= 4 is 23.3 Å². The number of benzene rings is 1. The topological polar surface area (TPSA) is 101 Å². The van der Waals surface area contributed by atoms with Crippen molar-refractivity contribution in [3.63, 3.8) is 0 Å². The van der Waals surface area contributed by atoms with Crippen LogP contribution >= 0.6 is 0 Å². The number of urea groups is 1. The third-order valence-electron chi connectivity index (χ3n) is 6.45. The largest absolute Gasteiger partial charge is 0.378 e. The van der Waals surface area contributed by atoms with E-state index >= 15 is 0 Å². The number of ether oxygens (including phenoxy) is 1. The minimum Gasteiger partial charge on any atom is -0.378 e. The summed E-state index contributed by atoms with van der Waals surface area (Å²) in [5.41, 5.74) is 2.67. The lowest BCUT2D eigenvalue weighted by Crippen LogP contribution is -2.36. The van der Waals surface area contributed by atoms with Crippen molar-refractivity contribution in [3.05, 3.63) is 54.7 Å². The maximum atomic E-state index is 14.8. The standard InChI is InChI=1S/C25H25FN8O2/c26-20-4-3-18(29-25(35)33-7-1-2-8-33)14-19(20)22-16-34-24(30-22)28-15-21(31-34)17-5-6-27-23(13-17)32-9-11-36-12-10-32/h3-6,13-16H,1-2,7-12H2,(H,29,35). The van der Waals surface area contributed by atoms with Gasteiger partial charge in [-0.3, -0.25) is 0 Å². The lowest BCUT2D eigenvalue weighted by Gasteiger charge is -2.27. The number of anilines is 2. The Bertz CT molecular complexity index is 1410. The highest BCUT2D eigenvalue weighted by Gasteiger charge is 2.19. The third-order valence-corrected chi connectivity index (χ3v) is 6.45. The molecule has 0 unspecified atom stereocenters. The van der Waals surface area contributed by atoms with E-state index in [1.165, 1.54) is 10.6 Å². The molecule has 0 saturated carbocycles. The van der Waals surface area contributed by atoms with Crippen LogP contribution in [0.4, 0.5) is 20.7 Å². The highest BCUT2D eigenvalue weighted by molar-refractivity contribution is 5.90. The highest BCUT2D eigenvalue weighted by atomic mass is 19.1. The quantitative estimate of drug-likeness (QED) is 0.470. The first-order valence-electron chi connectivity index (χ1n) is 12.0. The number of hydrogen-bond donors (Lipinski definition) is 1. The maximum Gasteiger partial charge on any atom is 0.321 e. The molecule has 0 radical (unpaired) electrons. The van der Waals surface area contributed by atoms with Gasteiger partial charge in [-0.25, -0.2) is 28.7 Å². The van der Waals surface area contributed by atoms with Gasteiger partial charge in [0, 0.05) is 49.2 Å². The molecule has 11 heteroatoms. The van der Waals surface area contributed by atoms with Gasteiger partial charge in [0.2, 0.25) is 0 Å². The molecular formula is C25H25FN8O2. The van der Waals surface area contributed by atoms with Crippen LogP contribution in [0.1, 0.15) is 12.8 Å². The number of imidazole rings is 1. The van der Waals surface area contributed by atoms with Gasteiger partial charge in [-0.1, -0.05) is 0 Å². The molecule has 2 fully saturated rings. The SMILES string of the molecule is O=C(Nc1ccc(F)c(-c2cn3nc(-c4ccnc(N5CCOCC5)c4)cnc3n2)c1)N1CCCC1. The Hall–Kier alpha value is -4.12. The van der Waals surface area contributed by atoms with Crippen LogP contribution in [0.25, 0.3) is 28.3 Å².